The smallest absolute Gasteiger partial charge is 0.338 e. The summed E-state index contributed by atoms with van der Waals surface area (Å²) in [6.07, 6.45) is 8.46. The SMILES string of the molecule is CCOC(=O)C1=C(C(=O)OCC)C(c2ccccc2NC)CC=C1C1CCCCC1. The second-order valence-electron chi connectivity index (χ2n) is 7.85. The predicted molar refractivity (Wildman–Crippen MR) is 118 cm³/mol. The van der Waals surface area contributed by atoms with Gasteiger partial charge in [-0.15, -0.1) is 0 Å². The minimum Gasteiger partial charge on any atom is -0.463 e. The highest BCUT2D eigenvalue weighted by molar-refractivity contribution is 6.05. The molecule has 0 aliphatic heterocycles. The minimum atomic E-state index is -0.419. The molecule has 1 N–H and O–H groups in total. The monoisotopic (exact) mass is 411 g/mol. The highest BCUT2D eigenvalue weighted by Gasteiger charge is 2.38. The fourth-order valence-corrected chi connectivity index (χ4v) is 4.77. The molecule has 3 rings (SSSR count). The lowest BCUT2D eigenvalue weighted by Crippen LogP contribution is -2.28. The number of rotatable bonds is 7. The lowest BCUT2D eigenvalue weighted by molar-refractivity contribution is -0.142. The van der Waals surface area contributed by atoms with E-state index in [2.05, 4.69) is 11.4 Å². The van der Waals surface area contributed by atoms with Crippen LogP contribution < -0.4 is 5.32 Å². The van der Waals surface area contributed by atoms with Crippen molar-refractivity contribution in [1.29, 1.82) is 0 Å². The van der Waals surface area contributed by atoms with Crippen molar-refractivity contribution in [2.24, 2.45) is 5.92 Å². The first-order valence-corrected chi connectivity index (χ1v) is 11.2. The van der Waals surface area contributed by atoms with Gasteiger partial charge >= 0.3 is 11.9 Å². The Hall–Kier alpha value is -2.56. The lowest BCUT2D eigenvalue weighted by Gasteiger charge is -2.33. The number of anilines is 1. The van der Waals surface area contributed by atoms with Crippen molar-refractivity contribution >= 4 is 17.6 Å². The van der Waals surface area contributed by atoms with Gasteiger partial charge in [-0.05, 0) is 56.2 Å². The maximum atomic E-state index is 13.2. The number of para-hydroxylation sites is 1. The Kier molecular flexibility index (Phi) is 7.72. The van der Waals surface area contributed by atoms with Gasteiger partial charge in [0.15, 0.2) is 0 Å². The lowest BCUT2D eigenvalue weighted by atomic mass is 9.72. The summed E-state index contributed by atoms with van der Waals surface area (Å²) < 4.78 is 10.9. The summed E-state index contributed by atoms with van der Waals surface area (Å²) in [5.41, 5.74) is 3.80. The zero-order valence-electron chi connectivity index (χ0n) is 18.3. The number of ether oxygens (including phenoxy) is 2. The summed E-state index contributed by atoms with van der Waals surface area (Å²) in [4.78, 5) is 26.4. The van der Waals surface area contributed by atoms with Crippen molar-refractivity contribution in [3.05, 3.63) is 52.6 Å². The van der Waals surface area contributed by atoms with Crippen LogP contribution in [0.4, 0.5) is 5.69 Å². The molecular weight excluding hydrogens is 378 g/mol. The molecule has 2 aliphatic carbocycles. The van der Waals surface area contributed by atoms with Crippen molar-refractivity contribution < 1.29 is 19.1 Å². The van der Waals surface area contributed by atoms with E-state index < -0.39 is 11.9 Å². The highest BCUT2D eigenvalue weighted by Crippen LogP contribution is 2.45. The predicted octanol–water partition coefficient (Wildman–Crippen LogP) is 5.15. The molecule has 0 aromatic heterocycles. The molecule has 5 nitrogen and oxygen atoms in total. The van der Waals surface area contributed by atoms with Crippen molar-refractivity contribution in [2.75, 3.05) is 25.6 Å². The van der Waals surface area contributed by atoms with E-state index in [0.29, 0.717) is 23.5 Å². The number of hydrogen-bond acceptors (Lipinski definition) is 5. The van der Waals surface area contributed by atoms with Crippen molar-refractivity contribution in [1.82, 2.24) is 0 Å². The largest absolute Gasteiger partial charge is 0.463 e. The summed E-state index contributed by atoms with van der Waals surface area (Å²) in [6, 6.07) is 7.92. The van der Waals surface area contributed by atoms with E-state index in [0.717, 1.165) is 42.5 Å². The van der Waals surface area contributed by atoms with Crippen LogP contribution in [0, 0.1) is 5.92 Å². The summed E-state index contributed by atoms with van der Waals surface area (Å²) in [5, 5.41) is 3.22. The van der Waals surface area contributed by atoms with Gasteiger partial charge in [0.05, 0.1) is 24.4 Å². The number of esters is 2. The fourth-order valence-electron chi connectivity index (χ4n) is 4.77. The van der Waals surface area contributed by atoms with Crippen LogP contribution in [-0.4, -0.2) is 32.2 Å². The molecule has 162 valence electrons. The topological polar surface area (TPSA) is 64.6 Å². The van der Waals surface area contributed by atoms with E-state index >= 15 is 0 Å². The van der Waals surface area contributed by atoms with Crippen LogP contribution >= 0.6 is 0 Å². The standard InChI is InChI=1S/C25H33NO4/c1-4-29-24(27)22-18(17-11-7-6-8-12-17)15-16-20(23(22)25(28)30-5-2)19-13-9-10-14-21(19)26-3/h9-10,13-15,17,20,26H,4-8,11-12,16H2,1-3H3. The van der Waals surface area contributed by atoms with Gasteiger partial charge in [-0.3, -0.25) is 0 Å². The third-order valence-electron chi connectivity index (χ3n) is 6.11. The second-order valence-corrected chi connectivity index (χ2v) is 7.85. The Balaban J connectivity index is 2.16. The Morgan fingerprint density at radius 1 is 1.00 bits per heavy atom. The average molecular weight is 412 g/mol. The Labute approximate surface area is 179 Å². The molecule has 1 fully saturated rings. The van der Waals surface area contributed by atoms with Crippen molar-refractivity contribution in [3.8, 4) is 0 Å². The van der Waals surface area contributed by atoms with Crippen molar-refractivity contribution in [3.63, 3.8) is 0 Å². The van der Waals surface area contributed by atoms with Gasteiger partial charge in [0.2, 0.25) is 0 Å². The fraction of sp³-hybridized carbons (Fsp3) is 0.520. The molecule has 1 saturated carbocycles. The molecule has 1 aromatic carbocycles. The maximum Gasteiger partial charge on any atom is 0.338 e. The summed E-state index contributed by atoms with van der Waals surface area (Å²) in [6.45, 7) is 4.12. The molecule has 0 radical (unpaired) electrons. The van der Waals surface area contributed by atoms with E-state index in [1.54, 1.807) is 13.8 Å². The van der Waals surface area contributed by atoms with Gasteiger partial charge in [-0.25, -0.2) is 9.59 Å². The van der Waals surface area contributed by atoms with Gasteiger partial charge in [-0.1, -0.05) is 43.5 Å². The van der Waals surface area contributed by atoms with Gasteiger partial charge in [-0.2, -0.15) is 0 Å². The van der Waals surface area contributed by atoms with E-state index in [4.69, 9.17) is 9.47 Å². The van der Waals surface area contributed by atoms with E-state index in [1.807, 2.05) is 31.3 Å². The molecule has 1 aromatic rings. The molecule has 1 unspecified atom stereocenters. The molecule has 0 spiro atoms. The third kappa shape index (κ3) is 4.61. The normalized spacial score (nSPS) is 19.8. The van der Waals surface area contributed by atoms with Crippen LogP contribution in [0.5, 0.6) is 0 Å². The highest BCUT2D eigenvalue weighted by atomic mass is 16.5. The van der Waals surface area contributed by atoms with Crippen LogP contribution in [0.15, 0.2) is 47.1 Å². The van der Waals surface area contributed by atoms with Gasteiger partial charge < -0.3 is 14.8 Å². The first-order chi connectivity index (χ1) is 14.6. The zero-order chi connectivity index (χ0) is 21.5. The average Bonchev–Trinajstić information content (AvgIpc) is 2.79. The first-order valence-electron chi connectivity index (χ1n) is 11.2. The first kappa shape index (κ1) is 22.1. The quantitative estimate of drug-likeness (QED) is 0.629. The van der Waals surface area contributed by atoms with E-state index in [-0.39, 0.29) is 19.1 Å². The number of allylic oxidation sites excluding steroid dienone is 1. The summed E-state index contributed by atoms with van der Waals surface area (Å²) in [7, 11) is 1.87. The Bertz CT molecular complexity index is 833. The zero-order valence-corrected chi connectivity index (χ0v) is 18.3. The molecule has 2 aliphatic rings. The molecule has 0 heterocycles. The second kappa shape index (κ2) is 10.5. The number of carbonyl (C=O) groups excluding carboxylic acids is 2. The van der Waals surface area contributed by atoms with Gasteiger partial charge in [0.25, 0.3) is 0 Å². The molecular formula is C25H33NO4. The van der Waals surface area contributed by atoms with Crippen LogP contribution in [0.2, 0.25) is 0 Å². The molecule has 30 heavy (non-hydrogen) atoms. The number of hydrogen-bond donors (Lipinski definition) is 1. The molecule has 0 saturated heterocycles. The molecule has 0 amide bonds. The number of nitrogens with one attached hydrogen (secondary N) is 1. The summed E-state index contributed by atoms with van der Waals surface area (Å²) in [5.74, 6) is -0.788. The Morgan fingerprint density at radius 2 is 1.67 bits per heavy atom. The third-order valence-corrected chi connectivity index (χ3v) is 6.11. The van der Waals surface area contributed by atoms with E-state index in [9.17, 15) is 9.59 Å². The van der Waals surface area contributed by atoms with Crippen LogP contribution in [0.25, 0.3) is 0 Å². The van der Waals surface area contributed by atoms with Gasteiger partial charge in [0.1, 0.15) is 0 Å². The van der Waals surface area contributed by atoms with E-state index in [1.165, 1.54) is 6.42 Å². The molecule has 0 bridgehead atoms. The molecule has 1 atom stereocenters. The van der Waals surface area contributed by atoms with Crippen LogP contribution in [-0.2, 0) is 19.1 Å². The molecule has 5 heteroatoms. The number of carbonyl (C=O) groups is 2. The van der Waals surface area contributed by atoms with Crippen molar-refractivity contribution in [2.45, 2.75) is 58.3 Å². The van der Waals surface area contributed by atoms with Gasteiger partial charge in [0, 0.05) is 18.7 Å². The van der Waals surface area contributed by atoms with Crippen LogP contribution in [0.1, 0.15) is 63.9 Å². The van der Waals surface area contributed by atoms with Crippen LogP contribution in [0.3, 0.4) is 0 Å². The minimum absolute atomic E-state index is 0.251. The summed E-state index contributed by atoms with van der Waals surface area (Å²) >= 11 is 0. The Morgan fingerprint density at radius 3 is 2.33 bits per heavy atom. The number of benzene rings is 1. The maximum absolute atomic E-state index is 13.2.